The van der Waals surface area contributed by atoms with Gasteiger partial charge in [0.2, 0.25) is 0 Å². The molecule has 1 aromatic carbocycles. The van der Waals surface area contributed by atoms with Gasteiger partial charge in [-0.2, -0.15) is 0 Å². The van der Waals surface area contributed by atoms with Crippen LogP contribution in [-0.4, -0.2) is 30.3 Å². The van der Waals surface area contributed by atoms with Crippen LogP contribution >= 0.6 is 0 Å². The molecule has 2 unspecified atom stereocenters. The Morgan fingerprint density at radius 2 is 1.88 bits per heavy atom. The highest BCUT2D eigenvalue weighted by Crippen LogP contribution is 2.14. The lowest BCUT2D eigenvalue weighted by Crippen LogP contribution is -2.32. The Morgan fingerprint density at radius 3 is 2.35 bits per heavy atom. The standard InChI is InChI=1S/C13H19NO3/c1-9(17-2)7-10-5-3-4-6-11(10)8-12(14)13(15)16/h3-6,9,12H,7-8,14H2,1-2H3,(H,15,16). The van der Waals surface area contributed by atoms with Gasteiger partial charge in [-0.05, 0) is 30.9 Å². The smallest absolute Gasteiger partial charge is 0.320 e. The molecule has 1 rings (SSSR count). The third-order valence-corrected chi connectivity index (χ3v) is 2.79. The van der Waals surface area contributed by atoms with Crippen LogP contribution < -0.4 is 5.73 Å². The quantitative estimate of drug-likeness (QED) is 0.780. The first kappa shape index (κ1) is 13.7. The van der Waals surface area contributed by atoms with Crippen LogP contribution in [0.1, 0.15) is 18.1 Å². The Morgan fingerprint density at radius 1 is 1.35 bits per heavy atom. The van der Waals surface area contributed by atoms with Gasteiger partial charge in [-0.3, -0.25) is 4.79 Å². The topological polar surface area (TPSA) is 72.5 Å². The monoisotopic (exact) mass is 237 g/mol. The molecular formula is C13H19NO3. The zero-order chi connectivity index (χ0) is 12.8. The fraction of sp³-hybridized carbons (Fsp3) is 0.462. The van der Waals surface area contributed by atoms with Crippen LogP contribution in [0, 0.1) is 0 Å². The van der Waals surface area contributed by atoms with Gasteiger partial charge in [-0.15, -0.1) is 0 Å². The maximum absolute atomic E-state index is 10.7. The minimum Gasteiger partial charge on any atom is -0.480 e. The normalized spacial score (nSPS) is 14.3. The van der Waals surface area contributed by atoms with Crippen molar-refractivity contribution in [3.05, 3.63) is 35.4 Å². The molecule has 1 aromatic rings. The van der Waals surface area contributed by atoms with E-state index in [2.05, 4.69) is 0 Å². The highest BCUT2D eigenvalue weighted by molar-refractivity contribution is 5.73. The molecule has 0 saturated heterocycles. The summed E-state index contributed by atoms with van der Waals surface area (Å²) in [7, 11) is 1.66. The molecule has 4 nitrogen and oxygen atoms in total. The van der Waals surface area contributed by atoms with Crippen molar-refractivity contribution < 1.29 is 14.6 Å². The number of benzene rings is 1. The molecule has 3 N–H and O–H groups in total. The van der Waals surface area contributed by atoms with Crippen molar-refractivity contribution in [1.29, 1.82) is 0 Å². The molecular weight excluding hydrogens is 218 g/mol. The van der Waals surface area contributed by atoms with Gasteiger partial charge < -0.3 is 15.6 Å². The molecule has 0 aromatic heterocycles. The van der Waals surface area contributed by atoms with Crippen LogP contribution in [0.4, 0.5) is 0 Å². The summed E-state index contributed by atoms with van der Waals surface area (Å²) in [6.45, 7) is 1.98. The number of methoxy groups -OCH3 is 1. The van der Waals surface area contributed by atoms with Crippen molar-refractivity contribution in [2.75, 3.05) is 7.11 Å². The number of nitrogens with two attached hydrogens (primary N) is 1. The van der Waals surface area contributed by atoms with Crippen molar-refractivity contribution in [1.82, 2.24) is 0 Å². The zero-order valence-corrected chi connectivity index (χ0v) is 10.2. The van der Waals surface area contributed by atoms with E-state index >= 15 is 0 Å². The first-order valence-electron chi connectivity index (χ1n) is 5.62. The number of hydrogen-bond donors (Lipinski definition) is 2. The zero-order valence-electron chi connectivity index (χ0n) is 10.2. The van der Waals surface area contributed by atoms with E-state index in [-0.39, 0.29) is 6.10 Å². The van der Waals surface area contributed by atoms with Crippen LogP contribution in [-0.2, 0) is 22.4 Å². The summed E-state index contributed by atoms with van der Waals surface area (Å²) in [6.07, 6.45) is 1.22. The van der Waals surface area contributed by atoms with E-state index in [4.69, 9.17) is 15.6 Å². The molecule has 0 heterocycles. The molecule has 0 aliphatic rings. The molecule has 0 saturated carbocycles. The molecule has 0 bridgehead atoms. The lowest BCUT2D eigenvalue weighted by Gasteiger charge is -2.15. The van der Waals surface area contributed by atoms with Crippen molar-refractivity contribution in [2.24, 2.45) is 5.73 Å². The number of hydrogen-bond acceptors (Lipinski definition) is 3. The third-order valence-electron chi connectivity index (χ3n) is 2.79. The Kier molecular flexibility index (Phi) is 5.12. The molecule has 0 amide bonds. The molecule has 0 fully saturated rings. The molecule has 17 heavy (non-hydrogen) atoms. The predicted molar refractivity (Wildman–Crippen MR) is 65.9 cm³/mol. The summed E-state index contributed by atoms with van der Waals surface area (Å²) in [6, 6.07) is 6.88. The van der Waals surface area contributed by atoms with Gasteiger partial charge in [0.1, 0.15) is 6.04 Å². The van der Waals surface area contributed by atoms with E-state index in [0.29, 0.717) is 6.42 Å². The fourth-order valence-corrected chi connectivity index (χ4v) is 1.67. The number of rotatable bonds is 6. The van der Waals surface area contributed by atoms with Gasteiger partial charge in [0.25, 0.3) is 0 Å². The summed E-state index contributed by atoms with van der Waals surface area (Å²) in [4.78, 5) is 10.7. The molecule has 0 aliphatic heterocycles. The Balaban J connectivity index is 2.80. The van der Waals surface area contributed by atoms with Crippen LogP contribution in [0.15, 0.2) is 24.3 Å². The maximum Gasteiger partial charge on any atom is 0.320 e. The average Bonchev–Trinajstić information content (AvgIpc) is 2.31. The van der Waals surface area contributed by atoms with Crippen LogP contribution in [0.3, 0.4) is 0 Å². The Labute approximate surface area is 101 Å². The maximum atomic E-state index is 10.7. The number of carboxylic acids is 1. The number of carboxylic acid groups (broad SMARTS) is 1. The second kappa shape index (κ2) is 6.37. The summed E-state index contributed by atoms with van der Waals surface area (Å²) >= 11 is 0. The van der Waals surface area contributed by atoms with E-state index < -0.39 is 12.0 Å². The van der Waals surface area contributed by atoms with Crippen molar-refractivity contribution in [3.63, 3.8) is 0 Å². The molecule has 2 atom stereocenters. The Hall–Kier alpha value is -1.39. The van der Waals surface area contributed by atoms with E-state index in [1.54, 1.807) is 7.11 Å². The predicted octanol–water partition coefficient (Wildman–Crippen LogP) is 1.22. The first-order valence-corrected chi connectivity index (χ1v) is 5.62. The lowest BCUT2D eigenvalue weighted by molar-refractivity contribution is -0.138. The summed E-state index contributed by atoms with van der Waals surface area (Å²) in [5.41, 5.74) is 7.62. The van der Waals surface area contributed by atoms with Gasteiger partial charge in [0.15, 0.2) is 0 Å². The fourth-order valence-electron chi connectivity index (χ4n) is 1.67. The van der Waals surface area contributed by atoms with Crippen molar-refractivity contribution >= 4 is 5.97 Å². The lowest BCUT2D eigenvalue weighted by atomic mass is 9.97. The molecule has 0 aliphatic carbocycles. The largest absolute Gasteiger partial charge is 0.480 e. The molecule has 4 heteroatoms. The van der Waals surface area contributed by atoms with E-state index in [1.807, 2.05) is 31.2 Å². The Bertz CT molecular complexity index is 379. The van der Waals surface area contributed by atoms with E-state index in [0.717, 1.165) is 17.5 Å². The summed E-state index contributed by atoms with van der Waals surface area (Å²) < 4.78 is 5.21. The second-order valence-electron chi connectivity index (χ2n) is 4.17. The molecule has 0 spiro atoms. The molecule has 0 radical (unpaired) electrons. The van der Waals surface area contributed by atoms with Gasteiger partial charge in [0, 0.05) is 7.11 Å². The van der Waals surface area contributed by atoms with Crippen molar-refractivity contribution in [2.45, 2.75) is 31.9 Å². The number of carbonyl (C=O) groups is 1. The van der Waals surface area contributed by atoms with Gasteiger partial charge in [-0.25, -0.2) is 0 Å². The number of ether oxygens (including phenoxy) is 1. The number of aliphatic carboxylic acids is 1. The highest BCUT2D eigenvalue weighted by Gasteiger charge is 2.15. The summed E-state index contributed by atoms with van der Waals surface area (Å²) in [5.74, 6) is -0.973. The summed E-state index contributed by atoms with van der Waals surface area (Å²) in [5, 5.41) is 8.81. The van der Waals surface area contributed by atoms with Crippen LogP contribution in [0.25, 0.3) is 0 Å². The van der Waals surface area contributed by atoms with E-state index in [1.165, 1.54) is 0 Å². The van der Waals surface area contributed by atoms with Gasteiger partial charge in [0.05, 0.1) is 6.10 Å². The van der Waals surface area contributed by atoms with Gasteiger partial charge in [-0.1, -0.05) is 24.3 Å². The average molecular weight is 237 g/mol. The molecule has 94 valence electrons. The van der Waals surface area contributed by atoms with Gasteiger partial charge >= 0.3 is 5.97 Å². The first-order chi connectivity index (χ1) is 8.04. The van der Waals surface area contributed by atoms with Crippen molar-refractivity contribution in [3.8, 4) is 0 Å². The van der Waals surface area contributed by atoms with Crippen LogP contribution in [0.2, 0.25) is 0 Å². The SMILES string of the molecule is COC(C)Cc1ccccc1CC(N)C(=O)O. The second-order valence-corrected chi connectivity index (χ2v) is 4.17. The van der Waals surface area contributed by atoms with E-state index in [9.17, 15) is 4.79 Å². The third kappa shape index (κ3) is 4.17. The van der Waals surface area contributed by atoms with Crippen LogP contribution in [0.5, 0.6) is 0 Å². The minimum atomic E-state index is -0.973. The highest BCUT2D eigenvalue weighted by atomic mass is 16.5. The minimum absolute atomic E-state index is 0.109.